The van der Waals surface area contributed by atoms with Crippen LogP contribution in [0, 0.1) is 13.8 Å². The van der Waals surface area contributed by atoms with Crippen molar-refractivity contribution in [3.05, 3.63) is 41.9 Å². The Bertz CT molecular complexity index is 945. The molecule has 1 atom stereocenters. The Morgan fingerprint density at radius 3 is 2.87 bits per heavy atom. The van der Waals surface area contributed by atoms with Gasteiger partial charge in [-0.25, -0.2) is 9.97 Å². The van der Waals surface area contributed by atoms with Crippen LogP contribution >= 0.6 is 0 Å². The molecule has 0 fully saturated rings. The Balaban J connectivity index is 1.84. The largest absolute Gasteiger partial charge is 0.479 e. The zero-order valence-electron chi connectivity index (χ0n) is 13.1. The van der Waals surface area contributed by atoms with Crippen molar-refractivity contribution in [2.45, 2.75) is 26.9 Å². The summed E-state index contributed by atoms with van der Waals surface area (Å²) in [6, 6.07) is 7.65. The number of aryl methyl sites for hydroxylation is 2. The number of hydrogen-bond donors (Lipinski definition) is 1. The fourth-order valence-electron chi connectivity index (χ4n) is 2.76. The zero-order valence-corrected chi connectivity index (χ0v) is 13.1. The van der Waals surface area contributed by atoms with Gasteiger partial charge in [0.05, 0.1) is 11.4 Å². The number of hydrogen-bond acceptors (Lipinski definition) is 4. The van der Waals surface area contributed by atoms with E-state index >= 15 is 0 Å². The van der Waals surface area contributed by atoms with Crippen LogP contribution in [0.4, 0.5) is 5.69 Å². The molecule has 1 unspecified atom stereocenters. The summed E-state index contributed by atoms with van der Waals surface area (Å²) in [6.07, 6.45) is 1.49. The summed E-state index contributed by atoms with van der Waals surface area (Å²) in [7, 11) is 0. The summed E-state index contributed by atoms with van der Waals surface area (Å²) in [5, 5.41) is 2.87. The highest BCUT2D eigenvalue weighted by Crippen LogP contribution is 2.34. The van der Waals surface area contributed by atoms with E-state index in [1.54, 1.807) is 6.92 Å². The fraction of sp³-hybridized carbons (Fsp3) is 0.235. The minimum atomic E-state index is -0.475. The molecule has 0 radical (unpaired) electrons. The molecule has 1 aromatic carbocycles. The van der Waals surface area contributed by atoms with Crippen LogP contribution in [0.2, 0.25) is 0 Å². The third kappa shape index (κ3) is 2.14. The average molecular weight is 308 g/mol. The Hall–Kier alpha value is -2.89. The third-order valence-electron chi connectivity index (χ3n) is 4.06. The Morgan fingerprint density at radius 2 is 2.04 bits per heavy atom. The predicted molar refractivity (Wildman–Crippen MR) is 86.6 cm³/mol. The van der Waals surface area contributed by atoms with E-state index in [0.717, 1.165) is 22.6 Å². The molecule has 23 heavy (non-hydrogen) atoms. The van der Waals surface area contributed by atoms with Gasteiger partial charge in [0, 0.05) is 23.1 Å². The van der Waals surface area contributed by atoms with E-state index in [1.807, 2.05) is 48.7 Å². The smallest absolute Gasteiger partial charge is 0.265 e. The van der Waals surface area contributed by atoms with Crippen molar-refractivity contribution in [3.8, 4) is 17.0 Å². The molecule has 1 aliphatic rings. The lowest BCUT2D eigenvalue weighted by Crippen LogP contribution is -2.34. The van der Waals surface area contributed by atoms with Gasteiger partial charge in [0.1, 0.15) is 5.75 Å². The number of fused-ring (bicyclic) bond motifs is 2. The summed E-state index contributed by atoms with van der Waals surface area (Å²) in [5.74, 6) is 1.21. The molecule has 6 heteroatoms. The first kappa shape index (κ1) is 13.8. The van der Waals surface area contributed by atoms with Crippen molar-refractivity contribution in [3.63, 3.8) is 0 Å². The lowest BCUT2D eigenvalue weighted by Gasteiger charge is -2.23. The maximum absolute atomic E-state index is 11.8. The Kier molecular flexibility index (Phi) is 2.87. The molecule has 1 N–H and O–H groups in total. The number of amides is 1. The summed E-state index contributed by atoms with van der Waals surface area (Å²) < 4.78 is 7.55. The molecule has 6 nitrogen and oxygen atoms in total. The first-order valence-electron chi connectivity index (χ1n) is 7.47. The number of ether oxygens (including phenoxy) is 1. The maximum Gasteiger partial charge on any atom is 0.265 e. The normalized spacial score (nSPS) is 16.8. The zero-order chi connectivity index (χ0) is 16.1. The van der Waals surface area contributed by atoms with Gasteiger partial charge in [-0.2, -0.15) is 0 Å². The molecule has 0 saturated carbocycles. The van der Waals surface area contributed by atoms with E-state index < -0.39 is 6.10 Å². The summed E-state index contributed by atoms with van der Waals surface area (Å²) in [5.41, 5.74) is 4.37. The van der Waals surface area contributed by atoms with Crippen molar-refractivity contribution in [1.82, 2.24) is 14.4 Å². The number of nitrogens with zero attached hydrogens (tertiary/aromatic N) is 3. The highest BCUT2D eigenvalue weighted by atomic mass is 16.5. The summed E-state index contributed by atoms with van der Waals surface area (Å²) in [6.45, 7) is 5.67. The van der Waals surface area contributed by atoms with Crippen LogP contribution in [0.5, 0.6) is 5.75 Å². The van der Waals surface area contributed by atoms with Crippen LogP contribution in [0.25, 0.3) is 17.0 Å². The summed E-state index contributed by atoms with van der Waals surface area (Å²) in [4.78, 5) is 20.9. The van der Waals surface area contributed by atoms with Gasteiger partial charge < -0.3 is 10.1 Å². The molecule has 3 heterocycles. The Morgan fingerprint density at radius 1 is 1.22 bits per heavy atom. The second-order valence-corrected chi connectivity index (χ2v) is 5.75. The van der Waals surface area contributed by atoms with Gasteiger partial charge in [0.25, 0.3) is 5.91 Å². The minimum absolute atomic E-state index is 0.140. The Labute approximate surface area is 133 Å². The minimum Gasteiger partial charge on any atom is -0.479 e. The quantitative estimate of drug-likeness (QED) is 0.750. The van der Waals surface area contributed by atoms with Crippen molar-refractivity contribution in [1.29, 1.82) is 0 Å². The van der Waals surface area contributed by atoms with E-state index in [-0.39, 0.29) is 5.91 Å². The van der Waals surface area contributed by atoms with Gasteiger partial charge in [-0.15, -0.1) is 0 Å². The number of aromatic nitrogens is 3. The van der Waals surface area contributed by atoms with Gasteiger partial charge in [0.2, 0.25) is 5.78 Å². The van der Waals surface area contributed by atoms with Crippen LogP contribution in [-0.4, -0.2) is 26.4 Å². The average Bonchev–Trinajstić information content (AvgIpc) is 2.84. The number of benzene rings is 1. The van der Waals surface area contributed by atoms with E-state index in [9.17, 15) is 4.79 Å². The van der Waals surface area contributed by atoms with Gasteiger partial charge in [-0.3, -0.25) is 9.20 Å². The summed E-state index contributed by atoms with van der Waals surface area (Å²) >= 11 is 0. The number of carbonyl (C=O) groups is 1. The fourth-order valence-corrected chi connectivity index (χ4v) is 2.76. The SMILES string of the molecule is Cc1ccn2c(C)c(-c3ccc4c(c3)NC(=O)C(C)O4)nc2n1. The first-order valence-corrected chi connectivity index (χ1v) is 7.47. The standard InChI is InChI=1S/C17H16N4O2/c1-9-6-7-21-10(2)15(20-17(21)18-9)12-4-5-14-13(8-12)19-16(22)11(3)23-14/h4-8,11H,1-3H3,(H,19,22). The van der Waals surface area contributed by atoms with Crippen LogP contribution in [-0.2, 0) is 4.79 Å². The van der Waals surface area contributed by atoms with Gasteiger partial charge in [-0.1, -0.05) is 0 Å². The number of imidazole rings is 1. The molecule has 4 rings (SSSR count). The number of carbonyl (C=O) groups excluding carboxylic acids is 1. The van der Waals surface area contributed by atoms with Crippen LogP contribution in [0.15, 0.2) is 30.5 Å². The molecule has 116 valence electrons. The molecule has 1 amide bonds. The number of nitrogens with one attached hydrogen (secondary N) is 1. The molecule has 0 spiro atoms. The molecular weight excluding hydrogens is 292 g/mol. The van der Waals surface area contributed by atoms with Crippen molar-refractivity contribution < 1.29 is 9.53 Å². The van der Waals surface area contributed by atoms with Gasteiger partial charge in [-0.05, 0) is 45.0 Å². The molecule has 3 aromatic rings. The molecule has 0 saturated heterocycles. The van der Waals surface area contributed by atoms with Gasteiger partial charge >= 0.3 is 0 Å². The molecule has 0 bridgehead atoms. The third-order valence-corrected chi connectivity index (χ3v) is 4.06. The van der Waals surface area contributed by atoms with E-state index in [4.69, 9.17) is 4.74 Å². The van der Waals surface area contributed by atoms with Crippen molar-refractivity contribution in [2.24, 2.45) is 0 Å². The van der Waals surface area contributed by atoms with Crippen LogP contribution in [0.1, 0.15) is 18.3 Å². The van der Waals surface area contributed by atoms with E-state index in [0.29, 0.717) is 17.2 Å². The van der Waals surface area contributed by atoms with E-state index in [2.05, 4.69) is 15.3 Å². The molecule has 0 aliphatic carbocycles. The molecule has 2 aromatic heterocycles. The monoisotopic (exact) mass is 308 g/mol. The second kappa shape index (κ2) is 4.81. The van der Waals surface area contributed by atoms with E-state index in [1.165, 1.54) is 0 Å². The highest BCUT2D eigenvalue weighted by Gasteiger charge is 2.24. The van der Waals surface area contributed by atoms with Crippen LogP contribution < -0.4 is 10.1 Å². The lowest BCUT2D eigenvalue weighted by atomic mass is 10.1. The highest BCUT2D eigenvalue weighted by molar-refractivity contribution is 5.98. The number of anilines is 1. The van der Waals surface area contributed by atoms with Crippen molar-refractivity contribution in [2.75, 3.05) is 5.32 Å². The van der Waals surface area contributed by atoms with Crippen LogP contribution in [0.3, 0.4) is 0 Å². The maximum atomic E-state index is 11.8. The molecular formula is C17H16N4O2. The predicted octanol–water partition coefficient (Wildman–Crippen LogP) is 2.73. The topological polar surface area (TPSA) is 68.5 Å². The second-order valence-electron chi connectivity index (χ2n) is 5.75. The van der Waals surface area contributed by atoms with Gasteiger partial charge in [0.15, 0.2) is 6.10 Å². The number of rotatable bonds is 1. The van der Waals surface area contributed by atoms with Crippen molar-refractivity contribution >= 4 is 17.4 Å². The first-order chi connectivity index (χ1) is 11.0. The lowest BCUT2D eigenvalue weighted by molar-refractivity contribution is -0.122. The molecule has 1 aliphatic heterocycles.